The number of halogens is 8. The Hall–Kier alpha value is -1.35. The Labute approximate surface area is 94.9 Å². The summed E-state index contributed by atoms with van der Waals surface area (Å²) in [6.07, 6.45) is -13.3. The molecule has 0 saturated heterocycles. The molecule has 18 heavy (non-hydrogen) atoms. The van der Waals surface area contributed by atoms with Crippen LogP contribution in [0.2, 0.25) is 0 Å². The van der Waals surface area contributed by atoms with Crippen molar-refractivity contribution in [2.24, 2.45) is 0 Å². The number of hydrogen-bond donors (Lipinski definition) is 1. The number of alkyl halides is 8. The van der Waals surface area contributed by atoms with Crippen LogP contribution in [0.5, 0.6) is 0 Å². The molecule has 0 amide bonds. The molecular formula is C8H6F8O2. The maximum atomic E-state index is 12.8. The fourth-order valence-corrected chi connectivity index (χ4v) is 0.838. The maximum absolute atomic E-state index is 12.8. The molecule has 2 atom stereocenters. The third kappa shape index (κ3) is 2.72. The van der Waals surface area contributed by atoms with Gasteiger partial charge in [-0.3, -0.25) is 0 Å². The fraction of sp³-hybridized carbons (Fsp3) is 0.625. The molecule has 0 fully saturated rings. The molecule has 2 unspecified atom stereocenters. The summed E-state index contributed by atoms with van der Waals surface area (Å²) < 4.78 is 99.2. The molecular weight excluding hydrogens is 280 g/mol. The topological polar surface area (TPSA) is 37.3 Å². The van der Waals surface area contributed by atoms with Gasteiger partial charge in [0.25, 0.3) is 6.43 Å². The van der Waals surface area contributed by atoms with Gasteiger partial charge in [-0.1, -0.05) is 6.58 Å². The molecule has 0 aliphatic heterocycles. The average molecular weight is 286 g/mol. The van der Waals surface area contributed by atoms with E-state index in [0.717, 1.165) is 0 Å². The van der Waals surface area contributed by atoms with Crippen LogP contribution in [0.25, 0.3) is 0 Å². The summed E-state index contributed by atoms with van der Waals surface area (Å²) in [5.74, 6) is -14.4. The first-order valence-electron chi connectivity index (χ1n) is 4.11. The van der Waals surface area contributed by atoms with E-state index in [-0.39, 0.29) is 0 Å². The molecule has 106 valence electrons. The normalized spacial score (nSPS) is 16.5. The van der Waals surface area contributed by atoms with Gasteiger partial charge in [-0.2, -0.15) is 17.6 Å². The van der Waals surface area contributed by atoms with Gasteiger partial charge in [-0.15, -0.1) is 0 Å². The fourth-order valence-electron chi connectivity index (χ4n) is 0.838. The van der Waals surface area contributed by atoms with Crippen molar-refractivity contribution in [2.75, 3.05) is 0 Å². The number of carboxylic acid groups (broad SMARTS) is 1. The molecule has 0 aromatic carbocycles. The quantitative estimate of drug-likeness (QED) is 0.602. The highest BCUT2D eigenvalue weighted by Gasteiger charge is 2.69. The lowest BCUT2D eigenvalue weighted by atomic mass is 9.98. The third-order valence-corrected chi connectivity index (χ3v) is 1.91. The number of rotatable bonds is 6. The zero-order valence-corrected chi connectivity index (χ0v) is 8.32. The van der Waals surface area contributed by atoms with E-state index in [0.29, 0.717) is 0 Å². The zero-order valence-electron chi connectivity index (χ0n) is 8.32. The lowest BCUT2D eigenvalue weighted by molar-refractivity contribution is -0.273. The SMILES string of the molecule is C=C(C(=O)O)C(F)C(F)(F)C(F)(F)C(F)C(F)F. The Morgan fingerprint density at radius 1 is 1.00 bits per heavy atom. The van der Waals surface area contributed by atoms with Gasteiger partial charge in [-0.05, 0) is 0 Å². The summed E-state index contributed by atoms with van der Waals surface area (Å²) in [6, 6.07) is 0. The molecule has 0 aliphatic rings. The molecule has 0 aliphatic carbocycles. The van der Waals surface area contributed by atoms with Crippen molar-refractivity contribution >= 4 is 5.97 Å². The third-order valence-electron chi connectivity index (χ3n) is 1.91. The molecule has 2 nitrogen and oxygen atoms in total. The summed E-state index contributed by atoms with van der Waals surface area (Å²) in [6.45, 7) is 2.24. The van der Waals surface area contributed by atoms with E-state index in [2.05, 4.69) is 6.58 Å². The molecule has 0 spiro atoms. The minimum absolute atomic E-state index is 2.00. The first-order valence-corrected chi connectivity index (χ1v) is 4.11. The molecule has 0 aromatic heterocycles. The Balaban J connectivity index is 5.36. The van der Waals surface area contributed by atoms with Crippen molar-refractivity contribution in [3.8, 4) is 0 Å². The molecule has 1 N–H and O–H groups in total. The van der Waals surface area contributed by atoms with Gasteiger partial charge in [0.2, 0.25) is 12.3 Å². The number of hydrogen-bond acceptors (Lipinski definition) is 1. The van der Waals surface area contributed by atoms with Crippen LogP contribution in [-0.4, -0.2) is 41.7 Å². The summed E-state index contributed by atoms with van der Waals surface area (Å²) >= 11 is 0. The Bertz CT molecular complexity index is 340. The smallest absolute Gasteiger partial charge is 0.349 e. The van der Waals surface area contributed by atoms with Crippen LogP contribution in [0.1, 0.15) is 0 Å². The molecule has 0 bridgehead atoms. The Morgan fingerprint density at radius 3 is 1.67 bits per heavy atom. The molecule has 0 rings (SSSR count). The molecule has 0 aromatic rings. The van der Waals surface area contributed by atoms with E-state index in [1.165, 1.54) is 0 Å². The minimum atomic E-state index is -6.08. The highest BCUT2D eigenvalue weighted by atomic mass is 19.3. The Morgan fingerprint density at radius 2 is 1.39 bits per heavy atom. The average Bonchev–Trinajstić information content (AvgIpc) is 2.24. The minimum Gasteiger partial charge on any atom is -0.478 e. The van der Waals surface area contributed by atoms with Gasteiger partial charge in [0.15, 0.2) is 0 Å². The summed E-state index contributed by atoms with van der Waals surface area (Å²) in [7, 11) is 0. The number of carbonyl (C=O) groups is 1. The van der Waals surface area contributed by atoms with Crippen molar-refractivity contribution in [1.29, 1.82) is 0 Å². The van der Waals surface area contributed by atoms with Gasteiger partial charge >= 0.3 is 17.8 Å². The van der Waals surface area contributed by atoms with Crippen LogP contribution in [-0.2, 0) is 4.79 Å². The van der Waals surface area contributed by atoms with E-state index in [1.54, 1.807) is 0 Å². The summed E-state index contributed by atoms with van der Waals surface area (Å²) in [4.78, 5) is 10.1. The van der Waals surface area contributed by atoms with E-state index < -0.39 is 42.2 Å². The first kappa shape index (κ1) is 16.6. The first-order chi connectivity index (χ1) is 7.87. The van der Waals surface area contributed by atoms with Crippen LogP contribution in [0, 0.1) is 0 Å². The van der Waals surface area contributed by atoms with Crippen LogP contribution in [0.4, 0.5) is 35.1 Å². The highest BCUT2D eigenvalue weighted by Crippen LogP contribution is 2.45. The predicted octanol–water partition coefficient (Wildman–Crippen LogP) is 2.84. The zero-order chi connectivity index (χ0) is 14.9. The van der Waals surface area contributed by atoms with E-state index in [9.17, 15) is 39.9 Å². The Kier molecular flexibility index (Phi) is 4.72. The molecule has 0 radical (unpaired) electrons. The van der Waals surface area contributed by atoms with Gasteiger partial charge in [0.1, 0.15) is 0 Å². The number of aliphatic carboxylic acids is 1. The lowest BCUT2D eigenvalue weighted by Crippen LogP contribution is -2.56. The predicted molar refractivity (Wildman–Crippen MR) is 42.5 cm³/mol. The maximum Gasteiger partial charge on any atom is 0.349 e. The second kappa shape index (κ2) is 5.11. The van der Waals surface area contributed by atoms with Gasteiger partial charge in [0.05, 0.1) is 5.57 Å². The largest absolute Gasteiger partial charge is 0.478 e. The molecule has 10 heteroatoms. The molecule has 0 saturated carbocycles. The van der Waals surface area contributed by atoms with Crippen LogP contribution < -0.4 is 0 Å². The van der Waals surface area contributed by atoms with Crippen LogP contribution >= 0.6 is 0 Å². The monoisotopic (exact) mass is 286 g/mol. The van der Waals surface area contributed by atoms with E-state index >= 15 is 0 Å². The van der Waals surface area contributed by atoms with Crippen molar-refractivity contribution in [1.82, 2.24) is 0 Å². The van der Waals surface area contributed by atoms with Crippen LogP contribution in [0.3, 0.4) is 0 Å². The lowest BCUT2D eigenvalue weighted by Gasteiger charge is -2.30. The second-order valence-corrected chi connectivity index (χ2v) is 3.18. The van der Waals surface area contributed by atoms with Crippen molar-refractivity contribution in [3.05, 3.63) is 12.2 Å². The van der Waals surface area contributed by atoms with Crippen molar-refractivity contribution < 1.29 is 45.0 Å². The number of carboxylic acids is 1. The van der Waals surface area contributed by atoms with Gasteiger partial charge < -0.3 is 5.11 Å². The van der Waals surface area contributed by atoms with Gasteiger partial charge in [-0.25, -0.2) is 22.4 Å². The summed E-state index contributed by atoms with van der Waals surface area (Å²) in [5.41, 5.74) is -2.00. The van der Waals surface area contributed by atoms with Gasteiger partial charge in [0, 0.05) is 0 Å². The highest BCUT2D eigenvalue weighted by molar-refractivity contribution is 5.87. The standard InChI is InChI=1S/C8H6F8O2/c1-2(6(17)18)3(9)7(13,14)8(15,16)4(10)5(11)12/h3-5H,1H2,(H,17,18). The van der Waals surface area contributed by atoms with E-state index in [1.807, 2.05) is 0 Å². The van der Waals surface area contributed by atoms with Crippen molar-refractivity contribution in [2.45, 2.75) is 30.6 Å². The van der Waals surface area contributed by atoms with Crippen LogP contribution in [0.15, 0.2) is 12.2 Å². The van der Waals surface area contributed by atoms with Crippen molar-refractivity contribution in [3.63, 3.8) is 0 Å². The van der Waals surface area contributed by atoms with E-state index in [4.69, 9.17) is 5.11 Å². The second-order valence-electron chi connectivity index (χ2n) is 3.18. The molecule has 0 heterocycles. The summed E-state index contributed by atoms with van der Waals surface area (Å²) in [5, 5.41) is 8.07.